The van der Waals surface area contributed by atoms with E-state index in [1.165, 1.54) is 11.1 Å². The summed E-state index contributed by atoms with van der Waals surface area (Å²) in [6.45, 7) is 2.37. The summed E-state index contributed by atoms with van der Waals surface area (Å²) in [4.78, 5) is 23.1. The van der Waals surface area contributed by atoms with E-state index in [4.69, 9.17) is 15.6 Å². The Morgan fingerprint density at radius 1 is 1.21 bits per heavy atom. The molecule has 1 amide bonds. The van der Waals surface area contributed by atoms with E-state index in [-0.39, 0.29) is 11.8 Å². The first-order valence-corrected chi connectivity index (χ1v) is 9.85. The van der Waals surface area contributed by atoms with Crippen LogP contribution in [-0.4, -0.2) is 28.2 Å². The SMILES string of the molecule is CCc1cccc(Cn2c3c(c4c(OCC(=O)O)cccc42)C(C(N)=O)CC3)c1. The molecule has 3 aromatic rings. The predicted octanol–water partition coefficient (Wildman–Crippen LogP) is 3.23. The Labute approximate surface area is 168 Å². The summed E-state index contributed by atoms with van der Waals surface area (Å²) in [6, 6.07) is 14.1. The Balaban J connectivity index is 1.87. The number of fused-ring (bicyclic) bond motifs is 3. The summed E-state index contributed by atoms with van der Waals surface area (Å²) >= 11 is 0. The summed E-state index contributed by atoms with van der Waals surface area (Å²) in [5, 5.41) is 9.83. The molecule has 1 aromatic heterocycles. The standard InChI is InChI=1S/C23H24N2O4/c1-2-14-5-3-6-15(11-14)12-25-17-7-4-8-19(29-13-20(26)27)22(17)21-16(23(24)28)9-10-18(21)25/h3-8,11,16H,2,9-10,12-13H2,1H3,(H2,24,28)(H,26,27). The van der Waals surface area contributed by atoms with Crippen molar-refractivity contribution in [3.05, 3.63) is 64.8 Å². The topological polar surface area (TPSA) is 94.6 Å². The Kier molecular flexibility index (Phi) is 5.01. The Hall–Kier alpha value is -3.28. The lowest BCUT2D eigenvalue weighted by Crippen LogP contribution is -2.19. The molecule has 0 fully saturated rings. The van der Waals surface area contributed by atoms with Crippen LogP contribution in [0, 0.1) is 0 Å². The molecule has 0 bridgehead atoms. The molecule has 0 saturated carbocycles. The summed E-state index contributed by atoms with van der Waals surface area (Å²) in [7, 11) is 0. The number of carbonyl (C=O) groups is 2. The number of hydrogen-bond acceptors (Lipinski definition) is 3. The van der Waals surface area contributed by atoms with Gasteiger partial charge in [0.05, 0.1) is 11.4 Å². The molecule has 29 heavy (non-hydrogen) atoms. The van der Waals surface area contributed by atoms with Crippen molar-refractivity contribution in [3.8, 4) is 5.75 Å². The Morgan fingerprint density at radius 3 is 2.69 bits per heavy atom. The van der Waals surface area contributed by atoms with Gasteiger partial charge in [0.1, 0.15) is 5.75 Å². The zero-order valence-electron chi connectivity index (χ0n) is 16.4. The van der Waals surface area contributed by atoms with Gasteiger partial charge in [-0.05, 0) is 48.1 Å². The van der Waals surface area contributed by atoms with E-state index in [9.17, 15) is 9.59 Å². The minimum Gasteiger partial charge on any atom is -0.481 e. The van der Waals surface area contributed by atoms with Gasteiger partial charge in [0.2, 0.25) is 5.91 Å². The number of nitrogens with two attached hydrogens (primary N) is 1. The van der Waals surface area contributed by atoms with Gasteiger partial charge in [0.25, 0.3) is 0 Å². The third kappa shape index (κ3) is 3.46. The van der Waals surface area contributed by atoms with Crippen LogP contribution in [0.2, 0.25) is 0 Å². The maximum Gasteiger partial charge on any atom is 0.341 e. The monoisotopic (exact) mass is 392 g/mol. The maximum atomic E-state index is 12.1. The van der Waals surface area contributed by atoms with Crippen LogP contribution < -0.4 is 10.5 Å². The van der Waals surface area contributed by atoms with Gasteiger partial charge >= 0.3 is 5.97 Å². The van der Waals surface area contributed by atoms with Gasteiger partial charge in [-0.25, -0.2) is 4.79 Å². The Morgan fingerprint density at radius 2 is 1.97 bits per heavy atom. The number of rotatable bonds is 7. The second-order valence-corrected chi connectivity index (χ2v) is 7.45. The first-order valence-electron chi connectivity index (χ1n) is 9.85. The lowest BCUT2D eigenvalue weighted by Gasteiger charge is -2.12. The van der Waals surface area contributed by atoms with Crippen LogP contribution in [0.25, 0.3) is 10.9 Å². The van der Waals surface area contributed by atoms with Gasteiger partial charge in [-0.15, -0.1) is 0 Å². The highest BCUT2D eigenvalue weighted by Crippen LogP contribution is 2.44. The van der Waals surface area contributed by atoms with Crippen molar-refractivity contribution in [2.45, 2.75) is 38.6 Å². The maximum absolute atomic E-state index is 12.1. The number of primary amides is 1. The van der Waals surface area contributed by atoms with E-state index in [2.05, 4.69) is 35.8 Å². The van der Waals surface area contributed by atoms with E-state index in [1.54, 1.807) is 6.07 Å². The molecule has 3 N–H and O–H groups in total. The number of benzene rings is 2. The van der Waals surface area contributed by atoms with E-state index in [0.29, 0.717) is 18.7 Å². The molecule has 6 heteroatoms. The molecule has 2 aromatic carbocycles. The van der Waals surface area contributed by atoms with Gasteiger partial charge in [-0.2, -0.15) is 0 Å². The number of carboxylic acid groups (broad SMARTS) is 1. The van der Waals surface area contributed by atoms with Gasteiger partial charge in [0, 0.05) is 17.6 Å². The molecule has 0 saturated heterocycles. The fraction of sp³-hybridized carbons (Fsp3) is 0.304. The van der Waals surface area contributed by atoms with Crippen molar-refractivity contribution in [1.82, 2.24) is 4.57 Å². The van der Waals surface area contributed by atoms with Crippen molar-refractivity contribution in [3.63, 3.8) is 0 Å². The minimum absolute atomic E-state index is 0.358. The number of ether oxygens (including phenoxy) is 1. The van der Waals surface area contributed by atoms with E-state index in [0.717, 1.165) is 35.0 Å². The molecule has 6 nitrogen and oxygen atoms in total. The van der Waals surface area contributed by atoms with Crippen LogP contribution in [0.15, 0.2) is 42.5 Å². The number of aromatic nitrogens is 1. The fourth-order valence-electron chi connectivity index (χ4n) is 4.38. The number of nitrogens with zero attached hydrogens (tertiary/aromatic N) is 1. The normalized spacial score (nSPS) is 15.4. The van der Waals surface area contributed by atoms with Crippen LogP contribution in [0.1, 0.15) is 41.6 Å². The smallest absolute Gasteiger partial charge is 0.341 e. The molecule has 0 spiro atoms. The van der Waals surface area contributed by atoms with E-state index in [1.807, 2.05) is 12.1 Å². The summed E-state index contributed by atoms with van der Waals surface area (Å²) in [6.07, 6.45) is 2.39. The van der Waals surface area contributed by atoms with Crippen LogP contribution in [-0.2, 0) is 29.0 Å². The molecule has 0 radical (unpaired) electrons. The molecule has 1 aliphatic carbocycles. The largest absolute Gasteiger partial charge is 0.481 e. The van der Waals surface area contributed by atoms with Gasteiger partial charge in [-0.3, -0.25) is 4.79 Å². The highest BCUT2D eigenvalue weighted by Gasteiger charge is 2.34. The third-order valence-electron chi connectivity index (χ3n) is 5.65. The molecule has 0 aliphatic heterocycles. The fourth-order valence-corrected chi connectivity index (χ4v) is 4.38. The number of hydrogen-bond donors (Lipinski definition) is 2. The highest BCUT2D eigenvalue weighted by molar-refractivity contribution is 5.97. The molecule has 1 aliphatic rings. The molecule has 4 rings (SSSR count). The molecular weight excluding hydrogens is 368 g/mol. The van der Waals surface area contributed by atoms with E-state index < -0.39 is 12.6 Å². The van der Waals surface area contributed by atoms with Crippen LogP contribution >= 0.6 is 0 Å². The number of carboxylic acids is 1. The molecule has 150 valence electrons. The first kappa shape index (κ1) is 19.1. The molecule has 1 atom stereocenters. The lowest BCUT2D eigenvalue weighted by molar-refractivity contribution is -0.139. The van der Waals surface area contributed by atoms with Crippen molar-refractivity contribution >= 4 is 22.8 Å². The second-order valence-electron chi connectivity index (χ2n) is 7.45. The average molecular weight is 392 g/mol. The zero-order chi connectivity index (χ0) is 20.5. The van der Waals surface area contributed by atoms with Crippen molar-refractivity contribution in [2.24, 2.45) is 5.73 Å². The van der Waals surface area contributed by atoms with Crippen molar-refractivity contribution in [2.75, 3.05) is 6.61 Å². The molecule has 1 unspecified atom stereocenters. The van der Waals surface area contributed by atoms with Crippen LogP contribution in [0.4, 0.5) is 0 Å². The predicted molar refractivity (Wildman–Crippen MR) is 110 cm³/mol. The van der Waals surface area contributed by atoms with Gasteiger partial charge in [0.15, 0.2) is 6.61 Å². The summed E-state index contributed by atoms with van der Waals surface area (Å²) in [5.74, 6) is -1.30. The number of aryl methyl sites for hydroxylation is 1. The second kappa shape index (κ2) is 7.62. The number of carbonyl (C=O) groups excluding carboxylic acids is 1. The number of amides is 1. The molecule has 1 heterocycles. The highest BCUT2D eigenvalue weighted by atomic mass is 16.5. The third-order valence-corrected chi connectivity index (χ3v) is 5.65. The summed E-state index contributed by atoms with van der Waals surface area (Å²) < 4.78 is 7.79. The number of aliphatic carboxylic acids is 1. The lowest BCUT2D eigenvalue weighted by atomic mass is 9.99. The summed E-state index contributed by atoms with van der Waals surface area (Å²) in [5.41, 5.74) is 11.1. The van der Waals surface area contributed by atoms with Crippen molar-refractivity contribution in [1.29, 1.82) is 0 Å². The first-order chi connectivity index (χ1) is 14.0. The van der Waals surface area contributed by atoms with E-state index >= 15 is 0 Å². The van der Waals surface area contributed by atoms with Gasteiger partial charge < -0.3 is 20.1 Å². The quantitative estimate of drug-likeness (QED) is 0.645. The van der Waals surface area contributed by atoms with Crippen molar-refractivity contribution < 1.29 is 19.4 Å². The van der Waals surface area contributed by atoms with Gasteiger partial charge in [-0.1, -0.05) is 37.3 Å². The zero-order valence-corrected chi connectivity index (χ0v) is 16.4. The van der Waals surface area contributed by atoms with Crippen LogP contribution in [0.5, 0.6) is 5.75 Å². The minimum atomic E-state index is -1.04. The Bertz CT molecular complexity index is 1100. The van der Waals surface area contributed by atoms with Crippen LogP contribution in [0.3, 0.4) is 0 Å². The molecular formula is C23H24N2O4. The average Bonchev–Trinajstić information content (AvgIpc) is 3.26.